The SMILES string of the molecule is O=S(=O)(O)c1ccccc1-n1cnnc1S. The van der Waals surface area contributed by atoms with Gasteiger partial charge in [0.2, 0.25) is 0 Å². The molecule has 8 heteroatoms. The lowest BCUT2D eigenvalue weighted by atomic mass is 10.3. The molecule has 0 fully saturated rings. The van der Waals surface area contributed by atoms with Crippen LogP contribution in [-0.2, 0) is 10.1 Å². The molecule has 0 saturated heterocycles. The van der Waals surface area contributed by atoms with Crippen molar-refractivity contribution in [1.82, 2.24) is 14.8 Å². The quantitative estimate of drug-likeness (QED) is 0.614. The summed E-state index contributed by atoms with van der Waals surface area (Å²) in [7, 11) is -4.29. The Balaban J connectivity index is 2.72. The zero-order chi connectivity index (χ0) is 11.8. The topological polar surface area (TPSA) is 85.1 Å². The molecule has 0 bridgehead atoms. The summed E-state index contributed by atoms with van der Waals surface area (Å²) in [4.78, 5) is -0.217. The molecular weight excluding hydrogens is 250 g/mol. The number of para-hydroxylation sites is 1. The van der Waals surface area contributed by atoms with Gasteiger partial charge in [-0.25, -0.2) is 0 Å². The molecule has 0 atom stereocenters. The van der Waals surface area contributed by atoms with E-state index in [9.17, 15) is 8.42 Å². The third kappa shape index (κ3) is 1.94. The third-order valence-electron chi connectivity index (χ3n) is 1.93. The normalized spacial score (nSPS) is 11.6. The van der Waals surface area contributed by atoms with Gasteiger partial charge in [0.15, 0.2) is 5.16 Å². The van der Waals surface area contributed by atoms with Crippen LogP contribution in [0, 0.1) is 0 Å². The average Bonchev–Trinajstić information content (AvgIpc) is 2.63. The Morgan fingerprint density at radius 1 is 1.31 bits per heavy atom. The van der Waals surface area contributed by atoms with Crippen molar-refractivity contribution < 1.29 is 13.0 Å². The molecule has 0 radical (unpaired) electrons. The fourth-order valence-corrected chi connectivity index (χ4v) is 2.17. The standard InChI is InChI=1S/C8H7N3O3S2/c12-16(13,14)7-4-2-1-3-6(7)11-5-9-10-8(11)15/h1-5H,(H,10,15)(H,12,13,14). The first-order valence-electron chi connectivity index (χ1n) is 4.16. The zero-order valence-electron chi connectivity index (χ0n) is 7.85. The molecular formula is C8H7N3O3S2. The Morgan fingerprint density at radius 2 is 2.00 bits per heavy atom. The van der Waals surface area contributed by atoms with Crippen LogP contribution in [-0.4, -0.2) is 27.7 Å². The second kappa shape index (κ2) is 3.89. The van der Waals surface area contributed by atoms with Gasteiger partial charge in [0.05, 0.1) is 5.69 Å². The van der Waals surface area contributed by atoms with E-state index < -0.39 is 10.1 Å². The molecule has 1 heterocycles. The summed E-state index contributed by atoms with van der Waals surface area (Å²) < 4.78 is 32.7. The smallest absolute Gasteiger partial charge is 0.282 e. The lowest BCUT2D eigenvalue weighted by Gasteiger charge is -2.07. The molecule has 1 aromatic heterocycles. The Labute approximate surface area is 97.1 Å². The highest BCUT2D eigenvalue weighted by Gasteiger charge is 2.17. The van der Waals surface area contributed by atoms with E-state index in [1.54, 1.807) is 6.07 Å². The summed E-state index contributed by atoms with van der Waals surface area (Å²) in [5, 5.41) is 7.43. The second-order valence-corrected chi connectivity index (χ2v) is 4.73. The van der Waals surface area contributed by atoms with E-state index in [-0.39, 0.29) is 15.7 Å². The fraction of sp³-hybridized carbons (Fsp3) is 0. The van der Waals surface area contributed by atoms with Gasteiger partial charge in [-0.15, -0.1) is 22.8 Å². The van der Waals surface area contributed by atoms with Gasteiger partial charge in [0, 0.05) is 0 Å². The first-order valence-corrected chi connectivity index (χ1v) is 6.05. The van der Waals surface area contributed by atoms with Crippen molar-refractivity contribution >= 4 is 22.7 Å². The summed E-state index contributed by atoms with van der Waals surface area (Å²) >= 11 is 4.02. The molecule has 1 N–H and O–H groups in total. The van der Waals surface area contributed by atoms with E-state index in [1.165, 1.54) is 29.1 Å². The Morgan fingerprint density at radius 3 is 2.56 bits per heavy atom. The molecule has 0 aliphatic carbocycles. The van der Waals surface area contributed by atoms with E-state index in [1.807, 2.05) is 0 Å². The monoisotopic (exact) mass is 257 g/mol. The fourth-order valence-electron chi connectivity index (χ4n) is 1.27. The van der Waals surface area contributed by atoms with Crippen molar-refractivity contribution in [2.75, 3.05) is 0 Å². The van der Waals surface area contributed by atoms with E-state index in [4.69, 9.17) is 4.55 Å². The van der Waals surface area contributed by atoms with Crippen molar-refractivity contribution in [3.05, 3.63) is 30.6 Å². The van der Waals surface area contributed by atoms with E-state index in [0.717, 1.165) is 0 Å². The predicted octanol–water partition coefficient (Wildman–Crippen LogP) is 0.803. The van der Waals surface area contributed by atoms with Gasteiger partial charge in [0.25, 0.3) is 10.1 Å². The number of benzene rings is 1. The maximum Gasteiger partial charge on any atom is 0.296 e. The van der Waals surface area contributed by atoms with Crippen LogP contribution >= 0.6 is 12.6 Å². The minimum absolute atomic E-state index is 0.217. The lowest BCUT2D eigenvalue weighted by Crippen LogP contribution is -2.05. The summed E-state index contributed by atoms with van der Waals surface area (Å²) in [6.07, 6.45) is 1.31. The van der Waals surface area contributed by atoms with Crippen LogP contribution in [0.15, 0.2) is 40.6 Å². The Hall–Kier alpha value is -1.38. The molecule has 2 rings (SSSR count). The maximum atomic E-state index is 11.1. The maximum absolute atomic E-state index is 11.1. The molecule has 0 amide bonds. The van der Waals surface area contributed by atoms with Crippen LogP contribution in [0.25, 0.3) is 5.69 Å². The number of aromatic nitrogens is 3. The third-order valence-corrected chi connectivity index (χ3v) is 3.14. The van der Waals surface area contributed by atoms with Gasteiger partial charge in [-0.1, -0.05) is 12.1 Å². The highest BCUT2D eigenvalue weighted by molar-refractivity contribution is 7.86. The summed E-state index contributed by atoms with van der Waals surface area (Å²) in [5.41, 5.74) is 0.250. The van der Waals surface area contributed by atoms with Crippen LogP contribution in [0.4, 0.5) is 0 Å². The van der Waals surface area contributed by atoms with Gasteiger partial charge in [-0.2, -0.15) is 8.42 Å². The number of rotatable bonds is 2. The van der Waals surface area contributed by atoms with Crippen LogP contribution < -0.4 is 0 Å². The highest BCUT2D eigenvalue weighted by Crippen LogP contribution is 2.21. The second-order valence-electron chi connectivity index (χ2n) is 2.94. The number of nitrogens with zero attached hydrogens (tertiary/aromatic N) is 3. The molecule has 2 aromatic rings. The van der Waals surface area contributed by atoms with Crippen LogP contribution in [0.3, 0.4) is 0 Å². The molecule has 84 valence electrons. The van der Waals surface area contributed by atoms with Crippen LogP contribution in [0.2, 0.25) is 0 Å². The van der Waals surface area contributed by atoms with Gasteiger partial charge in [-0.3, -0.25) is 9.12 Å². The van der Waals surface area contributed by atoms with Crippen LogP contribution in [0.5, 0.6) is 0 Å². The van der Waals surface area contributed by atoms with Gasteiger partial charge in [-0.05, 0) is 12.1 Å². The van der Waals surface area contributed by atoms with E-state index in [0.29, 0.717) is 0 Å². The molecule has 6 nitrogen and oxygen atoms in total. The highest BCUT2D eigenvalue weighted by atomic mass is 32.2. The molecule has 1 aromatic carbocycles. The van der Waals surface area contributed by atoms with E-state index in [2.05, 4.69) is 22.8 Å². The first kappa shape index (κ1) is 11.1. The molecule has 0 aliphatic heterocycles. The Bertz CT molecular complexity index is 621. The molecule has 0 saturated carbocycles. The van der Waals surface area contributed by atoms with Crippen molar-refractivity contribution in [3.8, 4) is 5.69 Å². The largest absolute Gasteiger partial charge is 0.296 e. The number of hydrogen-bond acceptors (Lipinski definition) is 5. The van der Waals surface area contributed by atoms with Crippen LogP contribution in [0.1, 0.15) is 0 Å². The Kier molecular flexibility index (Phi) is 2.70. The minimum Gasteiger partial charge on any atom is -0.282 e. The summed E-state index contributed by atoms with van der Waals surface area (Å²) in [6, 6.07) is 5.95. The van der Waals surface area contributed by atoms with Crippen molar-refractivity contribution in [2.24, 2.45) is 0 Å². The first-order chi connectivity index (χ1) is 7.50. The summed E-state index contributed by atoms with van der Waals surface area (Å²) in [5.74, 6) is 0. The molecule has 0 spiro atoms. The number of hydrogen-bond donors (Lipinski definition) is 2. The summed E-state index contributed by atoms with van der Waals surface area (Å²) in [6.45, 7) is 0. The lowest BCUT2D eigenvalue weighted by molar-refractivity contribution is 0.482. The van der Waals surface area contributed by atoms with Crippen molar-refractivity contribution in [1.29, 1.82) is 0 Å². The van der Waals surface area contributed by atoms with Gasteiger partial charge in [0.1, 0.15) is 11.2 Å². The molecule has 0 aliphatic rings. The molecule has 0 unspecified atom stereocenters. The predicted molar refractivity (Wildman–Crippen MR) is 58.4 cm³/mol. The van der Waals surface area contributed by atoms with Crippen molar-refractivity contribution in [3.63, 3.8) is 0 Å². The van der Waals surface area contributed by atoms with Crippen molar-refractivity contribution in [2.45, 2.75) is 10.1 Å². The van der Waals surface area contributed by atoms with E-state index >= 15 is 0 Å². The average molecular weight is 257 g/mol. The van der Waals surface area contributed by atoms with Gasteiger partial charge >= 0.3 is 0 Å². The zero-order valence-corrected chi connectivity index (χ0v) is 9.56. The number of thiol groups is 1. The molecule has 16 heavy (non-hydrogen) atoms. The van der Waals surface area contributed by atoms with Gasteiger partial charge < -0.3 is 0 Å². The minimum atomic E-state index is -4.29.